The van der Waals surface area contributed by atoms with Gasteiger partial charge in [-0.3, -0.25) is 14.5 Å². The SMILES string of the molecule is NS(=O)(=O)c1ccc(/N=C2\S/C(=C3\C(=O)Nc4ccc(Cl)cc43)C(=O)N2c2ccccc2)cc1. The van der Waals surface area contributed by atoms with Crippen molar-refractivity contribution < 1.29 is 18.0 Å². The summed E-state index contributed by atoms with van der Waals surface area (Å²) in [6.45, 7) is 0. The van der Waals surface area contributed by atoms with Gasteiger partial charge in [-0.05, 0) is 66.4 Å². The highest BCUT2D eigenvalue weighted by molar-refractivity contribution is 8.19. The molecule has 0 unspecified atom stereocenters. The molecule has 2 aliphatic heterocycles. The molecule has 0 radical (unpaired) electrons. The van der Waals surface area contributed by atoms with E-state index in [9.17, 15) is 18.0 Å². The van der Waals surface area contributed by atoms with Crippen molar-refractivity contribution in [1.82, 2.24) is 0 Å². The summed E-state index contributed by atoms with van der Waals surface area (Å²) < 4.78 is 23.1. The molecule has 8 nitrogen and oxygen atoms in total. The molecule has 2 amide bonds. The van der Waals surface area contributed by atoms with Gasteiger partial charge in [-0.1, -0.05) is 29.8 Å². The lowest BCUT2D eigenvalue weighted by Gasteiger charge is -2.15. The summed E-state index contributed by atoms with van der Waals surface area (Å²) in [5.74, 6) is -0.811. The van der Waals surface area contributed by atoms with Crippen LogP contribution in [-0.4, -0.2) is 25.4 Å². The number of nitrogens with two attached hydrogens (primary N) is 1. The van der Waals surface area contributed by atoms with E-state index in [0.717, 1.165) is 11.8 Å². The van der Waals surface area contributed by atoms with Crippen LogP contribution in [0.25, 0.3) is 5.57 Å². The number of para-hydroxylation sites is 1. The summed E-state index contributed by atoms with van der Waals surface area (Å²) in [5, 5.41) is 8.67. The van der Waals surface area contributed by atoms with Crippen LogP contribution in [0, 0.1) is 0 Å². The second kappa shape index (κ2) is 8.41. The Morgan fingerprint density at radius 2 is 1.68 bits per heavy atom. The van der Waals surface area contributed by atoms with Gasteiger partial charge in [0, 0.05) is 16.3 Å². The smallest absolute Gasteiger partial charge is 0.272 e. The molecule has 2 heterocycles. The van der Waals surface area contributed by atoms with Crippen molar-refractivity contribution in [3.8, 4) is 0 Å². The molecular weight excluding hydrogens is 496 g/mol. The summed E-state index contributed by atoms with van der Waals surface area (Å²) in [4.78, 5) is 32.5. The molecule has 0 bridgehead atoms. The molecule has 3 aromatic rings. The highest BCUT2D eigenvalue weighted by Crippen LogP contribution is 2.44. The minimum absolute atomic E-state index is 0.0505. The Balaban J connectivity index is 1.64. The third-order valence-corrected chi connectivity index (χ3v) is 7.34. The van der Waals surface area contributed by atoms with Crippen LogP contribution >= 0.6 is 23.4 Å². The molecule has 0 aliphatic carbocycles. The molecule has 2 aliphatic rings. The maximum atomic E-state index is 13.6. The summed E-state index contributed by atoms with van der Waals surface area (Å²) in [7, 11) is -3.85. The van der Waals surface area contributed by atoms with Gasteiger partial charge in [-0.2, -0.15) is 0 Å². The number of aliphatic imine (C=N–C) groups is 1. The second-order valence-corrected chi connectivity index (χ2v) is 10.3. The largest absolute Gasteiger partial charge is 0.321 e. The van der Waals surface area contributed by atoms with E-state index in [-0.39, 0.29) is 15.4 Å². The van der Waals surface area contributed by atoms with Crippen molar-refractivity contribution in [1.29, 1.82) is 0 Å². The summed E-state index contributed by atoms with van der Waals surface area (Å²) in [6, 6.07) is 19.5. The third kappa shape index (κ3) is 4.01. The van der Waals surface area contributed by atoms with E-state index in [2.05, 4.69) is 10.3 Å². The predicted molar refractivity (Wildman–Crippen MR) is 133 cm³/mol. The van der Waals surface area contributed by atoms with Crippen LogP contribution in [0.1, 0.15) is 5.56 Å². The molecule has 1 fully saturated rings. The van der Waals surface area contributed by atoms with Gasteiger partial charge in [-0.25, -0.2) is 18.5 Å². The van der Waals surface area contributed by atoms with Crippen LogP contribution in [-0.2, 0) is 19.6 Å². The number of thioether (sulfide) groups is 1. The first-order chi connectivity index (χ1) is 16.2. The number of nitrogens with zero attached hydrogens (tertiary/aromatic N) is 2. The Hall–Kier alpha value is -3.44. The van der Waals surface area contributed by atoms with Gasteiger partial charge in [-0.15, -0.1) is 0 Å². The topological polar surface area (TPSA) is 122 Å². The maximum Gasteiger partial charge on any atom is 0.272 e. The highest BCUT2D eigenvalue weighted by atomic mass is 35.5. The van der Waals surface area contributed by atoms with E-state index in [1.54, 1.807) is 42.5 Å². The summed E-state index contributed by atoms with van der Waals surface area (Å²) in [6.07, 6.45) is 0. The van der Waals surface area contributed by atoms with E-state index >= 15 is 0 Å². The minimum atomic E-state index is -3.85. The van der Waals surface area contributed by atoms with Crippen molar-refractivity contribution >= 4 is 73.0 Å². The number of sulfonamides is 1. The van der Waals surface area contributed by atoms with Gasteiger partial charge in [0.05, 0.1) is 26.7 Å². The van der Waals surface area contributed by atoms with Crippen LogP contribution in [0.3, 0.4) is 0 Å². The fourth-order valence-electron chi connectivity index (χ4n) is 3.59. The van der Waals surface area contributed by atoms with E-state index < -0.39 is 21.8 Å². The molecule has 3 N–H and O–H groups in total. The van der Waals surface area contributed by atoms with Crippen LogP contribution in [0.2, 0.25) is 5.02 Å². The molecular formula is C23H15ClN4O4S2. The first-order valence-electron chi connectivity index (χ1n) is 9.87. The zero-order chi connectivity index (χ0) is 24.0. The monoisotopic (exact) mass is 510 g/mol. The van der Waals surface area contributed by atoms with Crippen LogP contribution in [0.15, 0.2) is 87.6 Å². The van der Waals surface area contributed by atoms with Gasteiger partial charge < -0.3 is 5.32 Å². The molecule has 11 heteroatoms. The lowest BCUT2D eigenvalue weighted by atomic mass is 10.1. The van der Waals surface area contributed by atoms with E-state index in [0.29, 0.717) is 32.8 Å². The Morgan fingerprint density at radius 1 is 0.971 bits per heavy atom. The zero-order valence-electron chi connectivity index (χ0n) is 17.2. The predicted octanol–water partition coefficient (Wildman–Crippen LogP) is 4.12. The first-order valence-corrected chi connectivity index (χ1v) is 12.6. The zero-order valence-corrected chi connectivity index (χ0v) is 19.6. The van der Waals surface area contributed by atoms with Crippen molar-refractivity contribution in [2.45, 2.75) is 4.90 Å². The second-order valence-electron chi connectivity index (χ2n) is 7.36. The number of benzene rings is 3. The Morgan fingerprint density at radius 3 is 2.35 bits per heavy atom. The number of amides is 2. The Kier molecular flexibility index (Phi) is 5.53. The van der Waals surface area contributed by atoms with Gasteiger partial charge in [0.25, 0.3) is 11.8 Å². The standard InChI is InChI=1S/C23H15ClN4O4S2/c24-13-6-11-18-17(12-13)19(21(29)27-18)20-22(30)28(15-4-2-1-3-5-15)23(33-20)26-14-7-9-16(10-8-14)34(25,31)32/h1-12H,(H,27,29)(H2,25,31,32)/b20-19-,26-23-. The van der Waals surface area contributed by atoms with Crippen molar-refractivity contribution in [3.63, 3.8) is 0 Å². The highest BCUT2D eigenvalue weighted by Gasteiger charge is 2.41. The number of primary sulfonamides is 1. The molecule has 1 saturated heterocycles. The number of nitrogens with one attached hydrogen (secondary N) is 1. The average molecular weight is 511 g/mol. The number of hydrogen-bond acceptors (Lipinski definition) is 6. The fraction of sp³-hybridized carbons (Fsp3) is 0. The van der Waals surface area contributed by atoms with Gasteiger partial charge in [0.1, 0.15) is 0 Å². The molecule has 170 valence electrons. The van der Waals surface area contributed by atoms with E-state index in [4.69, 9.17) is 16.7 Å². The average Bonchev–Trinajstić information content (AvgIpc) is 3.28. The molecule has 0 saturated carbocycles. The van der Waals surface area contributed by atoms with Gasteiger partial charge >= 0.3 is 0 Å². The number of halogens is 1. The summed E-state index contributed by atoms with van der Waals surface area (Å²) >= 11 is 7.20. The first kappa shape index (κ1) is 22.4. The number of amidine groups is 1. The number of fused-ring (bicyclic) bond motifs is 1. The molecule has 0 spiro atoms. The van der Waals surface area contributed by atoms with Gasteiger partial charge in [0.15, 0.2) is 5.17 Å². The fourth-order valence-corrected chi connectivity index (χ4v) is 5.37. The van der Waals surface area contributed by atoms with Crippen LogP contribution in [0.5, 0.6) is 0 Å². The van der Waals surface area contributed by atoms with Crippen LogP contribution in [0.4, 0.5) is 17.1 Å². The van der Waals surface area contributed by atoms with Crippen molar-refractivity contribution in [2.75, 3.05) is 10.2 Å². The van der Waals surface area contributed by atoms with E-state index in [1.165, 1.54) is 29.2 Å². The number of anilines is 2. The minimum Gasteiger partial charge on any atom is -0.321 e. The van der Waals surface area contributed by atoms with Crippen LogP contribution < -0.4 is 15.4 Å². The van der Waals surface area contributed by atoms with Crippen molar-refractivity contribution in [2.24, 2.45) is 10.1 Å². The lowest BCUT2D eigenvalue weighted by molar-refractivity contribution is -0.114. The number of carbonyl (C=O) groups is 2. The Labute approximate surface area is 204 Å². The third-order valence-electron chi connectivity index (χ3n) is 5.14. The number of carbonyl (C=O) groups excluding carboxylic acids is 2. The molecule has 0 aromatic heterocycles. The maximum absolute atomic E-state index is 13.6. The molecule has 0 atom stereocenters. The molecule has 3 aromatic carbocycles. The quantitative estimate of drug-likeness (QED) is 0.513. The normalized spacial score (nSPS) is 19.0. The number of rotatable bonds is 3. The van der Waals surface area contributed by atoms with Gasteiger partial charge in [0.2, 0.25) is 10.0 Å². The molecule has 34 heavy (non-hydrogen) atoms. The number of hydrogen-bond donors (Lipinski definition) is 2. The van der Waals surface area contributed by atoms with E-state index in [1.807, 2.05) is 6.07 Å². The summed E-state index contributed by atoms with van der Waals surface area (Å²) in [5.41, 5.74) is 2.32. The molecule has 5 rings (SSSR count). The lowest BCUT2D eigenvalue weighted by Crippen LogP contribution is -2.29. The van der Waals surface area contributed by atoms with Crippen molar-refractivity contribution in [3.05, 3.63) is 88.3 Å². The Bertz CT molecular complexity index is 1520.